The molecule has 1 rings (SSSR count). The first kappa shape index (κ1) is 11.5. The molecule has 0 aliphatic heterocycles. The predicted molar refractivity (Wildman–Crippen MR) is 54.0 cm³/mol. The van der Waals surface area contributed by atoms with E-state index in [9.17, 15) is 4.79 Å². The average molecular weight is 200 g/mol. The van der Waals surface area contributed by atoms with Crippen molar-refractivity contribution >= 4 is 5.97 Å². The van der Waals surface area contributed by atoms with Crippen molar-refractivity contribution in [3.05, 3.63) is 0 Å². The fourth-order valence-corrected chi connectivity index (χ4v) is 1.78. The average Bonchev–Trinajstić information content (AvgIpc) is 2.19. The van der Waals surface area contributed by atoms with Crippen molar-refractivity contribution in [2.75, 3.05) is 13.7 Å². The number of carbonyl (C=O) groups excluding carboxylic acids is 1. The smallest absolute Gasteiger partial charge is 0.311 e. The lowest BCUT2D eigenvalue weighted by Gasteiger charge is -2.23. The van der Waals surface area contributed by atoms with Crippen molar-refractivity contribution < 1.29 is 14.3 Å². The van der Waals surface area contributed by atoms with Crippen LogP contribution in [0, 0.1) is 5.92 Å². The Hall–Kier alpha value is -0.570. The molecule has 0 saturated heterocycles. The van der Waals surface area contributed by atoms with E-state index in [0.717, 1.165) is 12.8 Å². The fraction of sp³-hybridized carbons (Fsp3) is 0.909. The lowest BCUT2D eigenvalue weighted by molar-refractivity contribution is -0.156. The molecule has 0 aromatic heterocycles. The zero-order valence-electron chi connectivity index (χ0n) is 9.12. The molecule has 0 radical (unpaired) electrons. The highest BCUT2D eigenvalue weighted by Gasteiger charge is 2.21. The Bertz CT molecular complexity index is 173. The van der Waals surface area contributed by atoms with Gasteiger partial charge in [0, 0.05) is 7.11 Å². The maximum Gasteiger partial charge on any atom is 0.311 e. The van der Waals surface area contributed by atoms with Gasteiger partial charge in [-0.15, -0.1) is 0 Å². The third-order valence-electron chi connectivity index (χ3n) is 2.65. The molecule has 3 heteroatoms. The summed E-state index contributed by atoms with van der Waals surface area (Å²) in [6.07, 6.45) is 5.89. The maximum absolute atomic E-state index is 11.5. The van der Waals surface area contributed by atoms with Crippen molar-refractivity contribution in [3.8, 4) is 0 Å². The van der Waals surface area contributed by atoms with Gasteiger partial charge in [-0.05, 0) is 32.6 Å². The Morgan fingerprint density at radius 1 is 1.36 bits per heavy atom. The zero-order chi connectivity index (χ0) is 10.4. The van der Waals surface area contributed by atoms with Gasteiger partial charge in [-0.25, -0.2) is 0 Å². The Morgan fingerprint density at radius 2 is 2.00 bits per heavy atom. The molecule has 0 N–H and O–H groups in total. The van der Waals surface area contributed by atoms with Gasteiger partial charge in [0.2, 0.25) is 0 Å². The highest BCUT2D eigenvalue weighted by atomic mass is 16.5. The molecule has 0 aromatic rings. The highest BCUT2D eigenvalue weighted by Crippen LogP contribution is 2.21. The predicted octanol–water partition coefficient (Wildman–Crippen LogP) is 2.14. The van der Waals surface area contributed by atoms with Crippen LogP contribution in [0.3, 0.4) is 0 Å². The quantitative estimate of drug-likeness (QED) is 0.652. The Kier molecular flexibility index (Phi) is 4.94. The van der Waals surface area contributed by atoms with Crippen LogP contribution in [-0.2, 0) is 14.3 Å². The molecule has 0 bridgehead atoms. The van der Waals surface area contributed by atoms with E-state index in [2.05, 4.69) is 0 Å². The van der Waals surface area contributed by atoms with E-state index in [4.69, 9.17) is 9.47 Å². The van der Waals surface area contributed by atoms with Crippen LogP contribution in [0.15, 0.2) is 0 Å². The summed E-state index contributed by atoms with van der Waals surface area (Å²) < 4.78 is 10.3. The summed E-state index contributed by atoms with van der Waals surface area (Å²) in [6.45, 7) is 2.29. The highest BCUT2D eigenvalue weighted by molar-refractivity contribution is 5.72. The number of methoxy groups -OCH3 is 1. The van der Waals surface area contributed by atoms with E-state index < -0.39 is 0 Å². The lowest BCUT2D eigenvalue weighted by Crippen LogP contribution is -2.26. The molecule has 0 aromatic carbocycles. The van der Waals surface area contributed by atoms with Crippen molar-refractivity contribution in [1.29, 1.82) is 0 Å². The van der Waals surface area contributed by atoms with Crippen LogP contribution in [0.25, 0.3) is 0 Å². The molecule has 82 valence electrons. The molecule has 0 amide bonds. The Balaban J connectivity index is 2.24. The van der Waals surface area contributed by atoms with Crippen molar-refractivity contribution in [2.45, 2.75) is 45.1 Å². The molecule has 0 heterocycles. The summed E-state index contributed by atoms with van der Waals surface area (Å²) in [5.74, 6) is -0.249. The van der Waals surface area contributed by atoms with E-state index in [1.807, 2.05) is 6.92 Å². The number of hydrogen-bond donors (Lipinski definition) is 0. The van der Waals surface area contributed by atoms with Crippen LogP contribution < -0.4 is 0 Å². The van der Waals surface area contributed by atoms with Gasteiger partial charge in [-0.3, -0.25) is 4.79 Å². The van der Waals surface area contributed by atoms with Gasteiger partial charge >= 0.3 is 5.97 Å². The topological polar surface area (TPSA) is 35.5 Å². The van der Waals surface area contributed by atoms with Crippen molar-refractivity contribution in [3.63, 3.8) is 0 Å². The zero-order valence-corrected chi connectivity index (χ0v) is 9.12. The molecule has 1 fully saturated rings. The van der Waals surface area contributed by atoms with E-state index in [1.165, 1.54) is 19.3 Å². The first-order valence-electron chi connectivity index (χ1n) is 5.43. The first-order valence-corrected chi connectivity index (χ1v) is 5.43. The van der Waals surface area contributed by atoms with Gasteiger partial charge in [0.25, 0.3) is 0 Å². The van der Waals surface area contributed by atoms with Crippen LogP contribution >= 0.6 is 0 Å². The minimum atomic E-state index is -0.137. The molecule has 3 nitrogen and oxygen atoms in total. The van der Waals surface area contributed by atoms with Crippen molar-refractivity contribution in [2.24, 2.45) is 5.92 Å². The van der Waals surface area contributed by atoms with E-state index >= 15 is 0 Å². The largest absolute Gasteiger partial charge is 0.462 e. The normalized spacial score (nSPS) is 20.4. The molecule has 0 spiro atoms. The molecular weight excluding hydrogens is 180 g/mol. The monoisotopic (exact) mass is 200 g/mol. The third kappa shape index (κ3) is 3.66. The molecule has 14 heavy (non-hydrogen) atoms. The van der Waals surface area contributed by atoms with Gasteiger partial charge in [-0.2, -0.15) is 0 Å². The van der Waals surface area contributed by atoms with Gasteiger partial charge in [0.15, 0.2) is 0 Å². The minimum Gasteiger partial charge on any atom is -0.462 e. The number of ether oxygens (including phenoxy) is 2. The third-order valence-corrected chi connectivity index (χ3v) is 2.65. The van der Waals surface area contributed by atoms with Crippen LogP contribution in [-0.4, -0.2) is 25.8 Å². The van der Waals surface area contributed by atoms with Crippen LogP contribution in [0.4, 0.5) is 0 Å². The van der Waals surface area contributed by atoms with Crippen LogP contribution in [0.5, 0.6) is 0 Å². The van der Waals surface area contributed by atoms with Crippen molar-refractivity contribution in [1.82, 2.24) is 0 Å². The second kappa shape index (κ2) is 6.02. The summed E-state index contributed by atoms with van der Waals surface area (Å²) >= 11 is 0. The summed E-state index contributed by atoms with van der Waals surface area (Å²) in [5, 5.41) is 0. The number of carbonyl (C=O) groups is 1. The molecule has 1 saturated carbocycles. The van der Waals surface area contributed by atoms with E-state index in [0.29, 0.717) is 6.61 Å². The van der Waals surface area contributed by atoms with Gasteiger partial charge in [0.05, 0.1) is 12.5 Å². The summed E-state index contributed by atoms with van der Waals surface area (Å²) in [7, 11) is 1.60. The van der Waals surface area contributed by atoms with Crippen LogP contribution in [0.1, 0.15) is 39.0 Å². The van der Waals surface area contributed by atoms with Gasteiger partial charge < -0.3 is 9.47 Å². The number of rotatable bonds is 4. The van der Waals surface area contributed by atoms with Gasteiger partial charge in [0.1, 0.15) is 6.10 Å². The summed E-state index contributed by atoms with van der Waals surface area (Å²) in [5.41, 5.74) is 0. The lowest BCUT2D eigenvalue weighted by atomic mass is 9.98. The SMILES string of the molecule is COCC(C)C(=O)OC1CCCCC1. The van der Waals surface area contributed by atoms with Crippen LogP contribution in [0.2, 0.25) is 0 Å². The number of hydrogen-bond acceptors (Lipinski definition) is 3. The van der Waals surface area contributed by atoms with E-state index in [1.54, 1.807) is 7.11 Å². The Morgan fingerprint density at radius 3 is 2.57 bits per heavy atom. The minimum absolute atomic E-state index is 0.112. The number of esters is 1. The molecule has 1 unspecified atom stereocenters. The summed E-state index contributed by atoms with van der Waals surface area (Å²) in [4.78, 5) is 11.5. The maximum atomic E-state index is 11.5. The molecule has 1 aliphatic carbocycles. The summed E-state index contributed by atoms with van der Waals surface area (Å²) in [6, 6.07) is 0. The van der Waals surface area contributed by atoms with Gasteiger partial charge in [-0.1, -0.05) is 6.42 Å². The standard InChI is InChI=1S/C11H20O3/c1-9(8-13-2)11(12)14-10-6-4-3-5-7-10/h9-10H,3-8H2,1-2H3. The Labute approximate surface area is 85.8 Å². The van der Waals surface area contributed by atoms with E-state index in [-0.39, 0.29) is 18.0 Å². The second-order valence-corrected chi connectivity index (χ2v) is 4.05. The molecule has 1 atom stereocenters. The first-order chi connectivity index (χ1) is 6.74. The molecule has 1 aliphatic rings. The second-order valence-electron chi connectivity index (χ2n) is 4.05. The molecular formula is C11H20O3. The fourth-order valence-electron chi connectivity index (χ4n) is 1.78.